The van der Waals surface area contributed by atoms with Crippen molar-refractivity contribution < 1.29 is 17.6 Å². The van der Waals surface area contributed by atoms with Gasteiger partial charge >= 0.3 is 0 Å². The second kappa shape index (κ2) is 8.40. The largest absolute Gasteiger partial charge is 0.455 e. The molecular weight excluding hydrogens is 438 g/mol. The van der Waals surface area contributed by atoms with Crippen LogP contribution in [0.5, 0.6) is 0 Å². The van der Waals surface area contributed by atoms with E-state index in [-0.39, 0.29) is 22.2 Å². The number of anilines is 1. The molecule has 2 heterocycles. The summed E-state index contributed by atoms with van der Waals surface area (Å²) in [5.74, 6) is 0.189. The second-order valence-electron chi connectivity index (χ2n) is 7.47. The van der Waals surface area contributed by atoms with E-state index < -0.39 is 15.7 Å². The van der Waals surface area contributed by atoms with Gasteiger partial charge < -0.3 is 14.7 Å². The Labute approximate surface area is 190 Å². The van der Waals surface area contributed by atoms with Crippen molar-refractivity contribution in [2.24, 2.45) is 0 Å². The lowest BCUT2D eigenvalue weighted by Crippen LogP contribution is -2.11. The fraction of sp³-hybridized carbons (Fsp3) is 0.0400. The Morgan fingerprint density at radius 1 is 0.879 bits per heavy atom. The molecule has 0 radical (unpaired) electrons. The minimum Gasteiger partial charge on any atom is -0.455 e. The van der Waals surface area contributed by atoms with Gasteiger partial charge in [-0.1, -0.05) is 30.3 Å². The number of aromatic amines is 1. The SMILES string of the molecule is O=C(Nc1ccc(-c2nc3ccccc3[nH]2)cc1)c1ccc(CS(=O)(=O)c2ccccc2)o1. The molecular formula is C25H19N3O4S. The van der Waals surface area contributed by atoms with E-state index in [4.69, 9.17) is 4.42 Å². The van der Waals surface area contributed by atoms with Gasteiger partial charge in [0, 0.05) is 11.3 Å². The van der Waals surface area contributed by atoms with Crippen molar-refractivity contribution in [1.29, 1.82) is 0 Å². The Morgan fingerprint density at radius 2 is 1.61 bits per heavy atom. The van der Waals surface area contributed by atoms with Crippen molar-refractivity contribution in [1.82, 2.24) is 9.97 Å². The van der Waals surface area contributed by atoms with Gasteiger partial charge in [-0.3, -0.25) is 4.79 Å². The molecule has 164 valence electrons. The van der Waals surface area contributed by atoms with Gasteiger partial charge in [0.2, 0.25) is 0 Å². The molecule has 0 unspecified atom stereocenters. The molecule has 0 atom stereocenters. The smallest absolute Gasteiger partial charge is 0.291 e. The van der Waals surface area contributed by atoms with Gasteiger partial charge in [-0.15, -0.1) is 0 Å². The number of nitrogens with one attached hydrogen (secondary N) is 2. The lowest BCUT2D eigenvalue weighted by Gasteiger charge is -2.05. The van der Waals surface area contributed by atoms with Gasteiger partial charge in [0.05, 0.1) is 15.9 Å². The highest BCUT2D eigenvalue weighted by atomic mass is 32.2. The molecule has 33 heavy (non-hydrogen) atoms. The molecule has 3 aromatic carbocycles. The van der Waals surface area contributed by atoms with E-state index in [1.54, 1.807) is 30.3 Å². The van der Waals surface area contributed by atoms with E-state index in [2.05, 4.69) is 15.3 Å². The van der Waals surface area contributed by atoms with Gasteiger partial charge in [0.25, 0.3) is 5.91 Å². The number of carbonyl (C=O) groups is 1. The van der Waals surface area contributed by atoms with Crippen molar-refractivity contribution in [3.63, 3.8) is 0 Å². The molecule has 0 spiro atoms. The van der Waals surface area contributed by atoms with Crippen molar-refractivity contribution >= 4 is 32.5 Å². The molecule has 0 aliphatic rings. The summed E-state index contributed by atoms with van der Waals surface area (Å²) in [7, 11) is -3.56. The normalized spacial score (nSPS) is 11.5. The number of hydrogen-bond acceptors (Lipinski definition) is 5. The lowest BCUT2D eigenvalue weighted by atomic mass is 10.2. The van der Waals surface area contributed by atoms with Crippen LogP contribution in [-0.4, -0.2) is 24.3 Å². The highest BCUT2D eigenvalue weighted by Crippen LogP contribution is 2.23. The van der Waals surface area contributed by atoms with Crippen molar-refractivity contribution in [2.75, 3.05) is 5.32 Å². The minimum absolute atomic E-state index is 0.0367. The Hall–Kier alpha value is -4.17. The van der Waals surface area contributed by atoms with Crippen LogP contribution in [-0.2, 0) is 15.6 Å². The maximum absolute atomic E-state index is 12.6. The Balaban J connectivity index is 1.27. The maximum atomic E-state index is 12.6. The third-order valence-corrected chi connectivity index (χ3v) is 6.78. The number of aromatic nitrogens is 2. The predicted molar refractivity (Wildman–Crippen MR) is 126 cm³/mol. The van der Waals surface area contributed by atoms with E-state index >= 15 is 0 Å². The molecule has 1 amide bonds. The monoisotopic (exact) mass is 457 g/mol. The topological polar surface area (TPSA) is 105 Å². The average molecular weight is 458 g/mol. The number of nitrogens with zero attached hydrogens (tertiary/aromatic N) is 1. The van der Waals surface area contributed by atoms with Crippen LogP contribution in [0.4, 0.5) is 5.69 Å². The molecule has 0 fully saturated rings. The molecule has 8 heteroatoms. The molecule has 5 aromatic rings. The summed E-state index contributed by atoms with van der Waals surface area (Å²) in [6.07, 6.45) is 0. The van der Waals surface area contributed by atoms with Crippen LogP contribution in [0.2, 0.25) is 0 Å². The summed E-state index contributed by atoms with van der Waals surface area (Å²) in [6, 6.07) is 26.1. The molecule has 0 bridgehead atoms. The summed E-state index contributed by atoms with van der Waals surface area (Å²) in [5.41, 5.74) is 3.30. The van der Waals surface area contributed by atoms with Gasteiger partial charge in [0.15, 0.2) is 15.6 Å². The van der Waals surface area contributed by atoms with Crippen molar-refractivity contribution in [2.45, 2.75) is 10.6 Å². The zero-order valence-electron chi connectivity index (χ0n) is 17.4. The fourth-order valence-corrected chi connectivity index (χ4v) is 4.74. The molecule has 0 saturated carbocycles. The number of furan rings is 1. The van der Waals surface area contributed by atoms with Gasteiger partial charge in [0.1, 0.15) is 17.3 Å². The summed E-state index contributed by atoms with van der Waals surface area (Å²) in [4.78, 5) is 20.6. The van der Waals surface area contributed by atoms with Gasteiger partial charge in [-0.2, -0.15) is 0 Å². The molecule has 0 aliphatic carbocycles. The van der Waals surface area contributed by atoms with E-state index in [1.807, 2.05) is 36.4 Å². The highest BCUT2D eigenvalue weighted by molar-refractivity contribution is 7.90. The number of para-hydroxylation sites is 2. The van der Waals surface area contributed by atoms with E-state index in [0.29, 0.717) is 5.69 Å². The van der Waals surface area contributed by atoms with Crippen LogP contribution in [0.25, 0.3) is 22.4 Å². The number of benzene rings is 3. The Kier molecular flexibility index (Phi) is 5.27. The number of fused-ring (bicyclic) bond motifs is 1. The predicted octanol–water partition coefficient (Wildman–Crippen LogP) is 5.05. The third-order valence-electron chi connectivity index (χ3n) is 5.13. The van der Waals surface area contributed by atoms with Crippen LogP contribution < -0.4 is 5.32 Å². The Bertz CT molecular complexity index is 1500. The van der Waals surface area contributed by atoms with Crippen LogP contribution in [0.3, 0.4) is 0 Å². The summed E-state index contributed by atoms with van der Waals surface area (Å²) in [6.45, 7) is 0. The van der Waals surface area contributed by atoms with E-state index in [9.17, 15) is 13.2 Å². The molecule has 0 aliphatic heterocycles. The van der Waals surface area contributed by atoms with Crippen LogP contribution >= 0.6 is 0 Å². The first-order chi connectivity index (χ1) is 16.0. The first-order valence-electron chi connectivity index (χ1n) is 10.2. The number of amides is 1. The minimum atomic E-state index is -3.56. The van der Waals surface area contributed by atoms with E-state index in [0.717, 1.165) is 22.4 Å². The van der Waals surface area contributed by atoms with Crippen LogP contribution in [0.15, 0.2) is 100 Å². The highest BCUT2D eigenvalue weighted by Gasteiger charge is 2.19. The average Bonchev–Trinajstić information content (AvgIpc) is 3.47. The number of rotatable bonds is 6. The number of H-pyrrole nitrogens is 1. The van der Waals surface area contributed by atoms with Gasteiger partial charge in [-0.05, 0) is 60.7 Å². The Morgan fingerprint density at radius 3 is 2.36 bits per heavy atom. The van der Waals surface area contributed by atoms with Crippen molar-refractivity contribution in [3.8, 4) is 11.4 Å². The first-order valence-corrected chi connectivity index (χ1v) is 11.9. The maximum Gasteiger partial charge on any atom is 0.291 e. The quantitative estimate of drug-likeness (QED) is 0.371. The summed E-state index contributed by atoms with van der Waals surface area (Å²) in [5, 5.41) is 2.76. The number of imidazole rings is 1. The first kappa shape index (κ1) is 20.7. The summed E-state index contributed by atoms with van der Waals surface area (Å²) >= 11 is 0. The van der Waals surface area contributed by atoms with Crippen molar-refractivity contribution in [3.05, 3.63) is 103 Å². The van der Waals surface area contributed by atoms with Gasteiger partial charge in [-0.25, -0.2) is 13.4 Å². The number of sulfone groups is 1. The van der Waals surface area contributed by atoms with Crippen LogP contribution in [0, 0.1) is 0 Å². The lowest BCUT2D eigenvalue weighted by molar-refractivity contribution is 0.0995. The second-order valence-corrected chi connectivity index (χ2v) is 9.46. The van der Waals surface area contributed by atoms with Crippen LogP contribution in [0.1, 0.15) is 16.3 Å². The number of hydrogen-bond donors (Lipinski definition) is 2. The molecule has 5 rings (SSSR count). The number of carbonyl (C=O) groups excluding carboxylic acids is 1. The third kappa shape index (κ3) is 4.42. The molecule has 7 nitrogen and oxygen atoms in total. The van der Waals surface area contributed by atoms with E-state index in [1.165, 1.54) is 24.3 Å². The standard InChI is InChI=1S/C25H19N3O4S/c29-25(23-15-14-19(32-23)16-33(30,31)20-6-2-1-3-7-20)26-18-12-10-17(11-13-18)24-27-21-8-4-5-9-22(21)28-24/h1-15H,16H2,(H,26,29)(H,27,28). The molecule has 2 N–H and O–H groups in total. The fourth-order valence-electron chi connectivity index (χ4n) is 3.47. The summed E-state index contributed by atoms with van der Waals surface area (Å²) < 4.78 is 30.5. The molecule has 0 saturated heterocycles. The zero-order valence-corrected chi connectivity index (χ0v) is 18.2. The molecule has 2 aromatic heterocycles. The zero-order chi connectivity index (χ0) is 22.8.